The zero-order valence-corrected chi connectivity index (χ0v) is 11.0. The minimum absolute atomic E-state index is 0.0728. The van der Waals surface area contributed by atoms with Crippen molar-refractivity contribution in [3.63, 3.8) is 0 Å². The molecule has 0 radical (unpaired) electrons. The fourth-order valence-corrected chi connectivity index (χ4v) is 1.72. The van der Waals surface area contributed by atoms with Crippen LogP contribution >= 0.6 is 0 Å². The van der Waals surface area contributed by atoms with Crippen molar-refractivity contribution < 1.29 is 14.6 Å². The summed E-state index contributed by atoms with van der Waals surface area (Å²) in [6.07, 6.45) is 3.49. The third-order valence-corrected chi connectivity index (χ3v) is 2.71. The van der Waals surface area contributed by atoms with Crippen molar-refractivity contribution in [3.8, 4) is 5.75 Å². The Hall–Kier alpha value is -2.63. The summed E-state index contributed by atoms with van der Waals surface area (Å²) >= 11 is 0. The van der Waals surface area contributed by atoms with Crippen LogP contribution in [0.25, 0.3) is 0 Å². The Bertz CT molecular complexity index is 602. The molecule has 1 heterocycles. The lowest BCUT2D eigenvalue weighted by Crippen LogP contribution is -2.09. The molecule has 1 aromatic carbocycles. The number of hydrogen-bond acceptors (Lipinski definition) is 5. The number of carboxylic acids is 1. The van der Waals surface area contributed by atoms with Crippen LogP contribution in [0.4, 0.5) is 5.82 Å². The number of hydrogen-bond donors (Lipinski definition) is 2. The predicted octanol–water partition coefficient (Wildman–Crippen LogP) is 1.84. The van der Waals surface area contributed by atoms with Crippen molar-refractivity contribution in [2.75, 3.05) is 19.0 Å². The average molecular weight is 273 g/mol. The molecule has 2 rings (SSSR count). The molecule has 0 saturated heterocycles. The van der Waals surface area contributed by atoms with Crippen molar-refractivity contribution in [1.29, 1.82) is 0 Å². The maximum atomic E-state index is 10.8. The van der Waals surface area contributed by atoms with Crippen LogP contribution in [0.1, 0.15) is 16.1 Å². The first-order chi connectivity index (χ1) is 9.69. The first-order valence-electron chi connectivity index (χ1n) is 6.11. The zero-order valence-electron chi connectivity index (χ0n) is 11.0. The normalized spacial score (nSPS) is 10.1. The summed E-state index contributed by atoms with van der Waals surface area (Å²) in [6, 6.07) is 7.78. The van der Waals surface area contributed by atoms with E-state index < -0.39 is 5.97 Å². The maximum Gasteiger partial charge on any atom is 0.356 e. The fraction of sp³-hybridized carbons (Fsp3) is 0.214. The monoisotopic (exact) mass is 273 g/mol. The molecule has 0 atom stereocenters. The average Bonchev–Trinajstić information content (AvgIpc) is 2.48. The standard InChI is InChI=1S/C14H15N3O3/c1-20-11-4-2-3-10(7-11)5-6-16-13-9-15-8-12(17-13)14(18)19/h2-4,7-9H,5-6H2,1H3,(H,16,17)(H,18,19). The third kappa shape index (κ3) is 3.68. The van der Waals surface area contributed by atoms with Crippen molar-refractivity contribution >= 4 is 11.8 Å². The van der Waals surface area contributed by atoms with Gasteiger partial charge in [-0.15, -0.1) is 0 Å². The SMILES string of the molecule is COc1cccc(CCNc2cncc(C(=O)O)n2)c1. The molecular formula is C14H15N3O3. The quantitative estimate of drug-likeness (QED) is 0.835. The van der Waals surface area contributed by atoms with E-state index in [4.69, 9.17) is 9.84 Å². The van der Waals surface area contributed by atoms with E-state index in [2.05, 4.69) is 15.3 Å². The lowest BCUT2D eigenvalue weighted by Gasteiger charge is -2.07. The Morgan fingerprint density at radius 3 is 3.00 bits per heavy atom. The number of nitrogens with zero attached hydrogens (tertiary/aromatic N) is 2. The molecule has 0 bridgehead atoms. The molecule has 0 saturated carbocycles. The highest BCUT2D eigenvalue weighted by Crippen LogP contribution is 2.13. The predicted molar refractivity (Wildman–Crippen MR) is 74.2 cm³/mol. The van der Waals surface area contributed by atoms with Gasteiger partial charge >= 0.3 is 5.97 Å². The van der Waals surface area contributed by atoms with Crippen molar-refractivity contribution in [3.05, 3.63) is 47.9 Å². The fourth-order valence-electron chi connectivity index (χ4n) is 1.72. The Kier molecular flexibility index (Phi) is 4.49. The van der Waals surface area contributed by atoms with Gasteiger partial charge in [0.2, 0.25) is 0 Å². The Morgan fingerprint density at radius 1 is 1.40 bits per heavy atom. The van der Waals surface area contributed by atoms with Crippen LogP contribution in [0.15, 0.2) is 36.7 Å². The molecule has 0 amide bonds. The second-order valence-corrected chi connectivity index (χ2v) is 4.12. The van der Waals surface area contributed by atoms with Crippen molar-refractivity contribution in [2.24, 2.45) is 0 Å². The Morgan fingerprint density at radius 2 is 2.25 bits per heavy atom. The Balaban J connectivity index is 1.92. The van der Waals surface area contributed by atoms with Gasteiger partial charge in [-0.1, -0.05) is 12.1 Å². The lowest BCUT2D eigenvalue weighted by atomic mass is 10.1. The van der Waals surface area contributed by atoms with E-state index in [1.807, 2.05) is 24.3 Å². The summed E-state index contributed by atoms with van der Waals surface area (Å²) in [6.45, 7) is 0.630. The number of benzene rings is 1. The number of aromatic carboxylic acids is 1. The van der Waals surface area contributed by atoms with E-state index in [1.54, 1.807) is 7.11 Å². The van der Waals surface area contributed by atoms with E-state index in [0.717, 1.165) is 17.7 Å². The number of nitrogens with one attached hydrogen (secondary N) is 1. The van der Waals surface area contributed by atoms with E-state index in [0.29, 0.717) is 12.4 Å². The lowest BCUT2D eigenvalue weighted by molar-refractivity contribution is 0.0690. The summed E-state index contributed by atoms with van der Waals surface area (Å²) in [5.41, 5.74) is 1.05. The molecule has 2 aromatic rings. The number of carboxylic acid groups (broad SMARTS) is 1. The number of aromatic nitrogens is 2. The molecule has 1 aromatic heterocycles. The van der Waals surface area contributed by atoms with Gasteiger partial charge in [0.1, 0.15) is 11.6 Å². The molecule has 0 fully saturated rings. The van der Waals surface area contributed by atoms with E-state index >= 15 is 0 Å². The topological polar surface area (TPSA) is 84.3 Å². The summed E-state index contributed by atoms with van der Waals surface area (Å²) in [7, 11) is 1.63. The van der Waals surface area contributed by atoms with Gasteiger partial charge in [0, 0.05) is 6.54 Å². The van der Waals surface area contributed by atoms with Crippen LogP contribution in [0.2, 0.25) is 0 Å². The number of ether oxygens (including phenoxy) is 1. The maximum absolute atomic E-state index is 10.8. The first kappa shape index (κ1) is 13.8. The summed E-state index contributed by atoms with van der Waals surface area (Å²) in [5, 5.41) is 11.9. The molecule has 6 heteroatoms. The highest BCUT2D eigenvalue weighted by molar-refractivity contribution is 5.85. The molecule has 0 aliphatic rings. The van der Waals surface area contributed by atoms with Crippen molar-refractivity contribution in [2.45, 2.75) is 6.42 Å². The van der Waals surface area contributed by atoms with Crippen LogP contribution in [0.5, 0.6) is 5.75 Å². The molecule has 0 spiro atoms. The first-order valence-corrected chi connectivity index (χ1v) is 6.11. The summed E-state index contributed by atoms with van der Waals surface area (Å²) in [5.74, 6) is 0.178. The van der Waals surface area contributed by atoms with Gasteiger partial charge in [-0.2, -0.15) is 0 Å². The molecule has 0 aliphatic carbocycles. The molecule has 20 heavy (non-hydrogen) atoms. The van der Waals surface area contributed by atoms with Crippen molar-refractivity contribution in [1.82, 2.24) is 9.97 Å². The van der Waals surface area contributed by atoms with Gasteiger partial charge in [-0.3, -0.25) is 4.98 Å². The van der Waals surface area contributed by atoms with Crippen LogP contribution in [-0.4, -0.2) is 34.7 Å². The zero-order chi connectivity index (χ0) is 14.4. The molecule has 6 nitrogen and oxygen atoms in total. The highest BCUT2D eigenvalue weighted by atomic mass is 16.5. The van der Waals surface area contributed by atoms with Gasteiger partial charge < -0.3 is 15.2 Å². The van der Waals surface area contributed by atoms with Crippen LogP contribution in [0, 0.1) is 0 Å². The second-order valence-electron chi connectivity index (χ2n) is 4.12. The van der Waals surface area contributed by atoms with Crippen LogP contribution in [-0.2, 0) is 6.42 Å². The highest BCUT2D eigenvalue weighted by Gasteiger charge is 2.05. The second kappa shape index (κ2) is 6.51. The molecule has 0 unspecified atom stereocenters. The van der Waals surface area contributed by atoms with Gasteiger partial charge in [0.25, 0.3) is 0 Å². The number of methoxy groups -OCH3 is 1. The molecule has 2 N–H and O–H groups in total. The van der Waals surface area contributed by atoms with Gasteiger partial charge in [0.05, 0.1) is 19.5 Å². The summed E-state index contributed by atoms with van der Waals surface area (Å²) < 4.78 is 5.15. The number of anilines is 1. The molecule has 0 aliphatic heterocycles. The minimum atomic E-state index is -1.09. The molecule has 104 valence electrons. The van der Waals surface area contributed by atoms with Gasteiger partial charge in [-0.25, -0.2) is 9.78 Å². The van der Waals surface area contributed by atoms with E-state index in [9.17, 15) is 4.79 Å². The number of rotatable bonds is 6. The van der Waals surface area contributed by atoms with Gasteiger partial charge in [-0.05, 0) is 24.1 Å². The smallest absolute Gasteiger partial charge is 0.356 e. The van der Waals surface area contributed by atoms with E-state index in [1.165, 1.54) is 12.4 Å². The Labute approximate surface area is 116 Å². The van der Waals surface area contributed by atoms with E-state index in [-0.39, 0.29) is 5.69 Å². The van der Waals surface area contributed by atoms with Crippen LogP contribution < -0.4 is 10.1 Å². The minimum Gasteiger partial charge on any atom is -0.497 e. The van der Waals surface area contributed by atoms with Gasteiger partial charge in [0.15, 0.2) is 5.69 Å². The molecular weight excluding hydrogens is 258 g/mol. The largest absolute Gasteiger partial charge is 0.497 e. The summed E-state index contributed by atoms with van der Waals surface area (Å²) in [4.78, 5) is 18.5. The third-order valence-electron chi connectivity index (χ3n) is 2.71. The number of carbonyl (C=O) groups is 1. The van der Waals surface area contributed by atoms with Crippen LogP contribution in [0.3, 0.4) is 0 Å².